The molecule has 18 N–H and O–H groups in total. The van der Waals surface area contributed by atoms with Gasteiger partial charge in [0.1, 0.15) is 54.1 Å². The van der Waals surface area contributed by atoms with Crippen molar-refractivity contribution in [3.8, 4) is 5.75 Å². The Morgan fingerprint density at radius 1 is 0.544 bits per heavy atom. The predicted octanol–water partition coefficient (Wildman–Crippen LogP) is -2.86. The molecule has 1 aliphatic heterocycles. The molecule has 1 saturated heterocycles. The maximum Gasteiger partial charge on any atom is 0.326 e. The summed E-state index contributed by atoms with van der Waals surface area (Å²) in [7, 11) is 0. The molecule has 9 atom stereocenters. The Bertz CT molecular complexity index is 2350. The van der Waals surface area contributed by atoms with Crippen molar-refractivity contribution in [1.29, 1.82) is 0 Å². The van der Waals surface area contributed by atoms with E-state index >= 15 is 0 Å². The molecular formula is C51H80N12O16. The summed E-state index contributed by atoms with van der Waals surface area (Å²) in [5.41, 5.74) is 22.9. The Kier molecular flexibility index (Phi) is 27.8. The molecule has 0 radical (unpaired) electrons. The normalized spacial score (nSPS) is 16.2. The van der Waals surface area contributed by atoms with Crippen molar-refractivity contribution in [3.05, 3.63) is 29.8 Å². The van der Waals surface area contributed by atoms with Gasteiger partial charge in [-0.2, -0.15) is 0 Å². The number of rotatable bonds is 35. The molecule has 0 bridgehead atoms. The predicted molar refractivity (Wildman–Crippen MR) is 282 cm³/mol. The van der Waals surface area contributed by atoms with E-state index in [1.807, 2.05) is 0 Å². The zero-order chi connectivity index (χ0) is 59.8. The van der Waals surface area contributed by atoms with E-state index in [0.717, 1.165) is 4.90 Å². The molecule has 0 spiro atoms. The van der Waals surface area contributed by atoms with Crippen LogP contribution in [0.1, 0.15) is 124 Å². The number of carboxylic acid groups (broad SMARTS) is 2. The van der Waals surface area contributed by atoms with Gasteiger partial charge in [0.15, 0.2) is 0 Å². The molecule has 0 saturated carbocycles. The largest absolute Gasteiger partial charge is 0.508 e. The number of hydrogen-bond donors (Lipinski definition) is 14. The van der Waals surface area contributed by atoms with E-state index < -0.39 is 176 Å². The highest BCUT2D eigenvalue weighted by atomic mass is 16.4. The molecule has 440 valence electrons. The van der Waals surface area contributed by atoms with Crippen LogP contribution in [-0.2, 0) is 68.7 Å². The highest BCUT2D eigenvalue weighted by Gasteiger charge is 2.41. The van der Waals surface area contributed by atoms with Gasteiger partial charge in [-0.1, -0.05) is 53.7 Å². The fourth-order valence-corrected chi connectivity index (χ4v) is 8.48. The molecule has 1 heterocycles. The minimum absolute atomic E-state index is 0.00646. The number of phenols is 1. The van der Waals surface area contributed by atoms with Crippen LogP contribution >= 0.6 is 0 Å². The van der Waals surface area contributed by atoms with Gasteiger partial charge < -0.3 is 80.4 Å². The number of nitrogens with two attached hydrogens (primary N) is 4. The van der Waals surface area contributed by atoms with Gasteiger partial charge in [0.05, 0.1) is 6.04 Å². The SMILES string of the molecule is CC(C)C[C@H](NC(=O)[C@H](CCC(N)=O)NC(=O)[C@H](CCC(=O)O)NC(=O)[C@@H]1CCCN1C(=O)[C@H](CCC(N)=O)NC(=O)[C@H](CC(C)C)NC(=O)[C@@H](N)Cc1ccc(O)cc1)C(=O)N[C@@H](CCC(N)=O)C(=O)N[C@H](C(=O)O)C(C)C. The molecule has 0 aliphatic carbocycles. The Morgan fingerprint density at radius 2 is 0.937 bits per heavy atom. The number of nitrogens with one attached hydrogen (secondary N) is 7. The zero-order valence-electron chi connectivity index (χ0n) is 45.5. The van der Waals surface area contributed by atoms with E-state index in [1.54, 1.807) is 39.8 Å². The number of amides is 11. The van der Waals surface area contributed by atoms with Gasteiger partial charge >= 0.3 is 11.9 Å². The van der Waals surface area contributed by atoms with Crippen LogP contribution in [0.5, 0.6) is 5.75 Å². The number of phenolic OH excluding ortho intramolecular Hbond substituents is 1. The molecular weight excluding hydrogens is 1040 g/mol. The Morgan fingerprint density at radius 3 is 1.37 bits per heavy atom. The number of hydrogen-bond acceptors (Lipinski definition) is 15. The molecule has 2 rings (SSSR count). The van der Waals surface area contributed by atoms with Crippen LogP contribution < -0.4 is 60.2 Å². The second kappa shape index (κ2) is 32.7. The van der Waals surface area contributed by atoms with Crippen molar-refractivity contribution >= 4 is 76.9 Å². The summed E-state index contributed by atoms with van der Waals surface area (Å²) in [4.78, 5) is 172. The maximum atomic E-state index is 14.4. The third-order valence-electron chi connectivity index (χ3n) is 12.7. The first kappa shape index (κ1) is 67.2. The molecule has 1 aliphatic rings. The summed E-state index contributed by atoms with van der Waals surface area (Å²) >= 11 is 0. The van der Waals surface area contributed by atoms with Crippen LogP contribution in [0.4, 0.5) is 0 Å². The fourth-order valence-electron chi connectivity index (χ4n) is 8.48. The third kappa shape index (κ3) is 24.1. The van der Waals surface area contributed by atoms with Crippen LogP contribution in [-0.4, -0.2) is 158 Å². The summed E-state index contributed by atoms with van der Waals surface area (Å²) in [5.74, 6) is -13.8. The topological polar surface area (TPSA) is 474 Å². The van der Waals surface area contributed by atoms with Crippen LogP contribution in [0.15, 0.2) is 24.3 Å². The first-order valence-electron chi connectivity index (χ1n) is 26.2. The number of likely N-dealkylation sites (tertiary alicyclic amines) is 1. The molecule has 1 fully saturated rings. The van der Waals surface area contributed by atoms with E-state index in [-0.39, 0.29) is 69.1 Å². The number of benzene rings is 1. The lowest BCUT2D eigenvalue weighted by atomic mass is 10.00. The summed E-state index contributed by atoms with van der Waals surface area (Å²) < 4.78 is 0. The van der Waals surface area contributed by atoms with Crippen molar-refractivity contribution in [2.45, 2.75) is 179 Å². The third-order valence-corrected chi connectivity index (χ3v) is 12.7. The number of nitrogens with zero attached hydrogens (tertiary/aromatic N) is 1. The average molecular weight is 1120 g/mol. The highest BCUT2D eigenvalue weighted by Crippen LogP contribution is 2.21. The molecule has 79 heavy (non-hydrogen) atoms. The molecule has 1 aromatic rings. The van der Waals surface area contributed by atoms with Crippen LogP contribution in [0.2, 0.25) is 0 Å². The summed E-state index contributed by atoms with van der Waals surface area (Å²) in [6.45, 7) is 9.95. The van der Waals surface area contributed by atoms with Crippen LogP contribution in [0.25, 0.3) is 0 Å². The van der Waals surface area contributed by atoms with Crippen LogP contribution in [0.3, 0.4) is 0 Å². The molecule has 1 aromatic carbocycles. The lowest BCUT2D eigenvalue weighted by molar-refractivity contribution is -0.143. The summed E-state index contributed by atoms with van der Waals surface area (Å²) in [6, 6.07) is -6.92. The standard InChI is InChI=1S/C51H80N12O16/c1-25(2)22-35(60-43(70)30(52)24-28-9-11-29(64)12-10-28)48(75)59-34(15-19-40(55)67)50(77)63-21-7-8-37(63)49(76)58-33(16-20-41(68)69)44(71)56-31(13-17-38(53)65)45(72)61-36(23-26(3)4)47(74)57-32(14-18-39(54)66)46(73)62-42(27(5)6)51(78)79/h9-12,25-27,30-37,42,64H,7-8,13-24,52H2,1-6H3,(H2,53,65)(H2,54,66)(H2,55,67)(H,56,71)(H,57,74)(H,58,76)(H,59,75)(H,60,70)(H,61,72)(H,62,73)(H,68,69)(H,78,79)/t30-,31-,32-,33-,34-,35-,36-,37-,42-/m0/s1. The molecule has 11 amide bonds. The quantitative estimate of drug-likeness (QED) is 0.0325. The molecule has 28 heteroatoms. The van der Waals surface area contributed by atoms with Crippen molar-refractivity contribution in [3.63, 3.8) is 0 Å². The first-order valence-corrected chi connectivity index (χ1v) is 26.2. The van der Waals surface area contributed by atoms with E-state index in [4.69, 9.17) is 22.9 Å². The Labute approximate surface area is 457 Å². The fraction of sp³-hybridized carbons (Fsp3) is 0.627. The van der Waals surface area contributed by atoms with Crippen molar-refractivity contribution < 1.29 is 77.6 Å². The Hall–Kier alpha value is -7.91. The van der Waals surface area contributed by atoms with Gasteiger partial charge in [-0.15, -0.1) is 0 Å². The minimum atomic E-state index is -1.71. The maximum absolute atomic E-state index is 14.4. The lowest BCUT2D eigenvalue weighted by Crippen LogP contribution is -2.60. The summed E-state index contributed by atoms with van der Waals surface area (Å²) in [5, 5.41) is 46.2. The second-order valence-electron chi connectivity index (χ2n) is 20.8. The molecule has 0 aromatic heterocycles. The number of primary amides is 3. The average Bonchev–Trinajstić information content (AvgIpc) is 3.87. The Balaban J connectivity index is 2.42. The number of aromatic hydroxyl groups is 1. The van der Waals surface area contributed by atoms with Crippen LogP contribution in [0, 0.1) is 17.8 Å². The van der Waals surface area contributed by atoms with Crippen molar-refractivity contribution in [1.82, 2.24) is 42.1 Å². The smallest absolute Gasteiger partial charge is 0.326 e. The van der Waals surface area contributed by atoms with Gasteiger partial charge in [0, 0.05) is 32.2 Å². The number of aliphatic carboxylic acids is 2. The van der Waals surface area contributed by atoms with E-state index in [1.165, 1.54) is 26.0 Å². The van der Waals surface area contributed by atoms with Gasteiger partial charge in [-0.05, 0) is 93.2 Å². The van der Waals surface area contributed by atoms with E-state index in [2.05, 4.69) is 37.2 Å². The number of carboxylic acids is 2. The zero-order valence-corrected chi connectivity index (χ0v) is 45.5. The minimum Gasteiger partial charge on any atom is -0.508 e. The number of carbonyl (C=O) groups excluding carboxylic acids is 11. The van der Waals surface area contributed by atoms with Gasteiger partial charge in [-0.3, -0.25) is 57.5 Å². The van der Waals surface area contributed by atoms with E-state index in [9.17, 15) is 77.6 Å². The molecule has 28 nitrogen and oxygen atoms in total. The van der Waals surface area contributed by atoms with Gasteiger partial charge in [0.25, 0.3) is 0 Å². The van der Waals surface area contributed by atoms with Crippen molar-refractivity contribution in [2.75, 3.05) is 6.54 Å². The monoisotopic (exact) mass is 1120 g/mol. The molecule has 0 unspecified atom stereocenters. The second-order valence-corrected chi connectivity index (χ2v) is 20.8. The van der Waals surface area contributed by atoms with Crippen molar-refractivity contribution in [2.24, 2.45) is 40.7 Å². The summed E-state index contributed by atoms with van der Waals surface area (Å²) in [6.07, 6.45) is -3.45. The highest BCUT2D eigenvalue weighted by molar-refractivity contribution is 5.99. The first-order chi connectivity index (χ1) is 36.9. The van der Waals surface area contributed by atoms with Gasteiger partial charge in [0.2, 0.25) is 65.0 Å². The van der Waals surface area contributed by atoms with E-state index in [0.29, 0.717) is 5.56 Å². The lowest BCUT2D eigenvalue weighted by Gasteiger charge is -2.31. The van der Waals surface area contributed by atoms with Gasteiger partial charge in [-0.25, -0.2) is 4.79 Å². The number of carbonyl (C=O) groups is 13.